The Bertz CT molecular complexity index is 1120. The molecule has 0 radical (unpaired) electrons. The fraction of sp³-hybridized carbons (Fsp3) is 0.333. The molecule has 3 aromatic rings. The van der Waals surface area contributed by atoms with Crippen LogP contribution >= 0.6 is 11.3 Å². The Balaban J connectivity index is 1.34. The quantitative estimate of drug-likeness (QED) is 0.440. The average molecular weight is 463 g/mol. The van der Waals surface area contributed by atoms with Crippen LogP contribution in [0.15, 0.2) is 47.8 Å². The van der Waals surface area contributed by atoms with Gasteiger partial charge in [-0.05, 0) is 42.6 Å². The molecule has 4 rings (SSSR count). The lowest BCUT2D eigenvalue weighted by molar-refractivity contribution is 0.0946. The zero-order valence-corrected chi connectivity index (χ0v) is 19.0. The van der Waals surface area contributed by atoms with Crippen molar-refractivity contribution in [3.63, 3.8) is 0 Å². The fourth-order valence-electron chi connectivity index (χ4n) is 3.87. The molecule has 2 aromatic heterocycles. The molecule has 0 saturated carbocycles. The first-order chi connectivity index (χ1) is 16.1. The zero-order chi connectivity index (χ0) is 23.0. The molecule has 0 spiro atoms. The SMILES string of the molecule is N#CCN1CCC[C@@H](c2cccc(Nc3nc(C(=O)NCc4ccc(CO)cc4)cs3)n2)C1. The maximum atomic E-state index is 12.5. The van der Waals surface area contributed by atoms with Crippen molar-refractivity contribution in [1.29, 1.82) is 5.26 Å². The summed E-state index contributed by atoms with van der Waals surface area (Å²) >= 11 is 1.35. The highest BCUT2D eigenvalue weighted by Gasteiger charge is 2.22. The molecule has 3 N–H and O–H groups in total. The summed E-state index contributed by atoms with van der Waals surface area (Å²) in [7, 11) is 0. The highest BCUT2D eigenvalue weighted by molar-refractivity contribution is 7.14. The monoisotopic (exact) mass is 462 g/mol. The van der Waals surface area contributed by atoms with Gasteiger partial charge in [-0.25, -0.2) is 9.97 Å². The molecule has 1 atom stereocenters. The molecule has 9 heteroatoms. The second-order valence-electron chi connectivity index (χ2n) is 8.00. The Morgan fingerprint density at radius 2 is 2.03 bits per heavy atom. The number of benzene rings is 1. The minimum Gasteiger partial charge on any atom is -0.392 e. The third kappa shape index (κ3) is 6.14. The number of pyridine rings is 1. The molecular formula is C24H26N6O2S. The first-order valence-electron chi connectivity index (χ1n) is 10.9. The third-order valence-electron chi connectivity index (χ3n) is 5.62. The number of nitriles is 1. The molecule has 33 heavy (non-hydrogen) atoms. The Hall–Kier alpha value is -3.32. The lowest BCUT2D eigenvalue weighted by Crippen LogP contribution is -2.34. The van der Waals surface area contributed by atoms with Gasteiger partial charge in [-0.1, -0.05) is 30.3 Å². The summed E-state index contributed by atoms with van der Waals surface area (Å²) in [6.45, 7) is 2.64. The molecular weight excluding hydrogens is 436 g/mol. The number of carbonyl (C=O) groups excluding carboxylic acids is 1. The minimum absolute atomic E-state index is 0.000695. The van der Waals surface area contributed by atoms with Crippen molar-refractivity contribution in [1.82, 2.24) is 20.2 Å². The van der Waals surface area contributed by atoms with E-state index in [0.29, 0.717) is 35.7 Å². The van der Waals surface area contributed by atoms with Gasteiger partial charge in [0.1, 0.15) is 11.5 Å². The number of aliphatic hydroxyl groups excluding tert-OH is 1. The molecule has 0 unspecified atom stereocenters. The van der Waals surface area contributed by atoms with Gasteiger partial charge in [0.25, 0.3) is 5.91 Å². The standard InChI is InChI=1S/C24H26N6O2S/c25-10-12-30-11-2-3-19(14-30)20-4-1-5-22(27-20)29-24-28-21(16-33-24)23(32)26-13-17-6-8-18(15-31)9-7-17/h1,4-9,16,19,31H,2-3,11-15H2,(H,26,32)(H,27,28,29)/t19-/m1/s1. The summed E-state index contributed by atoms with van der Waals surface area (Å²) in [6, 6.07) is 15.5. The Labute approximate surface area is 196 Å². The van der Waals surface area contributed by atoms with Gasteiger partial charge in [0.15, 0.2) is 5.13 Å². The fourth-order valence-corrected chi connectivity index (χ4v) is 4.57. The van der Waals surface area contributed by atoms with Crippen molar-refractivity contribution in [3.05, 3.63) is 70.4 Å². The first kappa shape index (κ1) is 22.9. The summed E-state index contributed by atoms with van der Waals surface area (Å²) in [5.74, 6) is 0.750. The van der Waals surface area contributed by atoms with E-state index in [-0.39, 0.29) is 12.5 Å². The van der Waals surface area contributed by atoms with Crippen LogP contribution in [0.25, 0.3) is 0 Å². The lowest BCUT2D eigenvalue weighted by Gasteiger charge is -2.30. The Morgan fingerprint density at radius 1 is 1.21 bits per heavy atom. The van der Waals surface area contributed by atoms with Crippen LogP contribution < -0.4 is 10.6 Å². The predicted molar refractivity (Wildman–Crippen MR) is 127 cm³/mol. The lowest BCUT2D eigenvalue weighted by atomic mass is 9.94. The highest BCUT2D eigenvalue weighted by atomic mass is 32.1. The van der Waals surface area contributed by atoms with E-state index in [1.807, 2.05) is 42.5 Å². The van der Waals surface area contributed by atoms with Gasteiger partial charge in [-0.3, -0.25) is 9.69 Å². The number of likely N-dealkylation sites (tertiary alicyclic amines) is 1. The maximum Gasteiger partial charge on any atom is 0.271 e. The van der Waals surface area contributed by atoms with Gasteiger partial charge < -0.3 is 15.7 Å². The van der Waals surface area contributed by atoms with Crippen LogP contribution in [0.4, 0.5) is 10.9 Å². The third-order valence-corrected chi connectivity index (χ3v) is 6.38. The number of aliphatic hydroxyl groups is 1. The molecule has 1 aromatic carbocycles. The molecule has 1 amide bonds. The summed E-state index contributed by atoms with van der Waals surface area (Å²) in [5, 5.41) is 26.5. The summed E-state index contributed by atoms with van der Waals surface area (Å²) in [5.41, 5.74) is 3.14. The van der Waals surface area contributed by atoms with E-state index >= 15 is 0 Å². The number of anilines is 2. The predicted octanol–water partition coefficient (Wildman–Crippen LogP) is 3.41. The smallest absolute Gasteiger partial charge is 0.271 e. The average Bonchev–Trinajstić information content (AvgIpc) is 3.32. The molecule has 8 nitrogen and oxygen atoms in total. The van der Waals surface area contributed by atoms with E-state index < -0.39 is 0 Å². The van der Waals surface area contributed by atoms with Crippen LogP contribution in [0.2, 0.25) is 0 Å². The van der Waals surface area contributed by atoms with E-state index in [1.54, 1.807) is 5.38 Å². The number of hydrogen-bond donors (Lipinski definition) is 3. The molecule has 1 saturated heterocycles. The van der Waals surface area contributed by atoms with Crippen LogP contribution in [0.3, 0.4) is 0 Å². The number of nitrogens with zero attached hydrogens (tertiary/aromatic N) is 4. The van der Waals surface area contributed by atoms with Crippen molar-refractivity contribution < 1.29 is 9.90 Å². The normalized spacial score (nSPS) is 16.2. The van der Waals surface area contributed by atoms with Gasteiger partial charge in [-0.15, -0.1) is 11.3 Å². The number of hydrogen-bond acceptors (Lipinski definition) is 8. The van der Waals surface area contributed by atoms with Crippen molar-refractivity contribution in [3.8, 4) is 6.07 Å². The summed E-state index contributed by atoms with van der Waals surface area (Å²) in [6.07, 6.45) is 2.12. The second kappa shape index (κ2) is 11.0. The zero-order valence-electron chi connectivity index (χ0n) is 18.2. The van der Waals surface area contributed by atoms with Crippen LogP contribution in [-0.4, -0.2) is 45.5 Å². The highest BCUT2D eigenvalue weighted by Crippen LogP contribution is 2.27. The first-order valence-corrected chi connectivity index (χ1v) is 11.8. The Morgan fingerprint density at radius 3 is 2.82 bits per heavy atom. The molecule has 3 heterocycles. The molecule has 1 aliphatic heterocycles. The molecule has 170 valence electrons. The number of nitrogens with one attached hydrogen (secondary N) is 2. The van der Waals surface area contributed by atoms with E-state index in [0.717, 1.165) is 42.8 Å². The van der Waals surface area contributed by atoms with Crippen LogP contribution in [0.1, 0.15) is 46.1 Å². The number of thiazole rings is 1. The molecule has 1 fully saturated rings. The number of rotatable bonds is 8. The summed E-state index contributed by atoms with van der Waals surface area (Å²) in [4.78, 5) is 23.8. The number of aromatic nitrogens is 2. The van der Waals surface area contributed by atoms with Gasteiger partial charge in [0.05, 0.1) is 19.2 Å². The van der Waals surface area contributed by atoms with Crippen molar-refractivity contribution >= 4 is 28.2 Å². The number of carbonyl (C=O) groups is 1. The van der Waals surface area contributed by atoms with E-state index in [1.165, 1.54) is 11.3 Å². The van der Waals surface area contributed by atoms with Gasteiger partial charge in [-0.2, -0.15) is 5.26 Å². The van der Waals surface area contributed by atoms with Crippen LogP contribution in [0, 0.1) is 11.3 Å². The molecule has 0 aliphatic carbocycles. The molecule has 0 bridgehead atoms. The largest absolute Gasteiger partial charge is 0.392 e. The second-order valence-corrected chi connectivity index (χ2v) is 8.86. The number of amides is 1. The minimum atomic E-state index is -0.243. The Kier molecular flexibility index (Phi) is 7.62. The van der Waals surface area contributed by atoms with E-state index in [9.17, 15) is 4.79 Å². The van der Waals surface area contributed by atoms with Crippen molar-refractivity contribution in [2.24, 2.45) is 0 Å². The molecule has 1 aliphatic rings. The van der Waals surface area contributed by atoms with Gasteiger partial charge >= 0.3 is 0 Å². The van der Waals surface area contributed by atoms with Crippen molar-refractivity contribution in [2.75, 3.05) is 25.0 Å². The number of piperidine rings is 1. The van der Waals surface area contributed by atoms with Gasteiger partial charge in [0, 0.05) is 30.1 Å². The van der Waals surface area contributed by atoms with Crippen molar-refractivity contribution in [2.45, 2.75) is 31.9 Å². The topological polar surface area (TPSA) is 114 Å². The maximum absolute atomic E-state index is 12.5. The van der Waals surface area contributed by atoms with E-state index in [4.69, 9.17) is 15.4 Å². The van der Waals surface area contributed by atoms with Crippen LogP contribution in [0.5, 0.6) is 0 Å². The van der Waals surface area contributed by atoms with E-state index in [2.05, 4.69) is 26.6 Å². The van der Waals surface area contributed by atoms with Gasteiger partial charge in [0.2, 0.25) is 0 Å². The summed E-state index contributed by atoms with van der Waals surface area (Å²) < 4.78 is 0. The van der Waals surface area contributed by atoms with Crippen LogP contribution in [-0.2, 0) is 13.2 Å².